The first-order chi connectivity index (χ1) is 8.47. The van der Waals surface area contributed by atoms with Gasteiger partial charge in [-0.15, -0.1) is 0 Å². The number of hydrogen-bond donors (Lipinski definition) is 1. The Morgan fingerprint density at radius 3 is 2.67 bits per heavy atom. The fourth-order valence-corrected chi connectivity index (χ4v) is 2.42. The molecule has 0 amide bonds. The number of carbonyl (C=O) groups is 1. The summed E-state index contributed by atoms with van der Waals surface area (Å²) in [5.74, 6) is 0.273. The first-order valence-corrected chi connectivity index (χ1v) is 7.42. The Bertz CT molecular complexity index is 420. The molecule has 0 aliphatic carbocycles. The van der Waals surface area contributed by atoms with Gasteiger partial charge in [-0.3, -0.25) is 0 Å². The van der Waals surface area contributed by atoms with E-state index < -0.39 is 5.97 Å². The van der Waals surface area contributed by atoms with Crippen LogP contribution in [-0.4, -0.2) is 36.2 Å². The lowest BCUT2D eigenvalue weighted by molar-refractivity contribution is 0.0696. The summed E-state index contributed by atoms with van der Waals surface area (Å²) in [7, 11) is 2.06. The summed E-state index contributed by atoms with van der Waals surface area (Å²) in [5, 5.41) is 9.00. The molecule has 100 valence electrons. The highest BCUT2D eigenvalue weighted by Gasteiger charge is 2.12. The zero-order valence-corrected chi connectivity index (χ0v) is 12.3. The van der Waals surface area contributed by atoms with Crippen LogP contribution in [0.1, 0.15) is 29.3 Å². The Morgan fingerprint density at radius 2 is 2.17 bits per heavy atom. The number of nitrogens with zero attached hydrogens (tertiary/aromatic N) is 1. The number of aryl methyl sites for hydroxylation is 1. The van der Waals surface area contributed by atoms with Crippen molar-refractivity contribution in [3.63, 3.8) is 0 Å². The van der Waals surface area contributed by atoms with Crippen LogP contribution in [0.2, 0.25) is 0 Å². The smallest absolute Gasteiger partial charge is 0.335 e. The number of hydrogen-bond acceptors (Lipinski definition) is 3. The van der Waals surface area contributed by atoms with E-state index in [-0.39, 0.29) is 0 Å². The van der Waals surface area contributed by atoms with E-state index in [9.17, 15) is 4.79 Å². The Morgan fingerprint density at radius 1 is 1.50 bits per heavy atom. The number of benzene rings is 1. The highest BCUT2D eigenvalue weighted by molar-refractivity contribution is 7.98. The topological polar surface area (TPSA) is 40.5 Å². The van der Waals surface area contributed by atoms with Crippen LogP contribution in [0.5, 0.6) is 0 Å². The lowest BCUT2D eigenvalue weighted by atomic mass is 10.1. The van der Waals surface area contributed by atoms with Gasteiger partial charge in [-0.05, 0) is 56.0 Å². The van der Waals surface area contributed by atoms with Crippen LogP contribution in [0.3, 0.4) is 0 Å². The van der Waals surface area contributed by atoms with Gasteiger partial charge in [-0.1, -0.05) is 0 Å². The third-order valence-electron chi connectivity index (χ3n) is 3.25. The molecule has 18 heavy (non-hydrogen) atoms. The summed E-state index contributed by atoms with van der Waals surface area (Å²) in [6, 6.07) is 5.96. The molecule has 0 spiro atoms. The van der Waals surface area contributed by atoms with E-state index in [0.29, 0.717) is 11.6 Å². The van der Waals surface area contributed by atoms with Crippen molar-refractivity contribution in [3.8, 4) is 0 Å². The molecule has 1 unspecified atom stereocenters. The van der Waals surface area contributed by atoms with E-state index in [0.717, 1.165) is 23.4 Å². The van der Waals surface area contributed by atoms with Crippen LogP contribution in [-0.2, 0) is 0 Å². The van der Waals surface area contributed by atoms with E-state index in [2.05, 4.69) is 25.1 Å². The van der Waals surface area contributed by atoms with Crippen molar-refractivity contribution in [2.45, 2.75) is 26.3 Å². The third-order valence-corrected chi connectivity index (χ3v) is 3.89. The molecule has 3 nitrogen and oxygen atoms in total. The molecule has 1 rings (SSSR count). The minimum atomic E-state index is -0.864. The molecule has 0 aliphatic heterocycles. The van der Waals surface area contributed by atoms with Crippen LogP contribution < -0.4 is 4.90 Å². The van der Waals surface area contributed by atoms with Crippen molar-refractivity contribution in [1.82, 2.24) is 0 Å². The fraction of sp³-hybridized carbons (Fsp3) is 0.500. The zero-order valence-electron chi connectivity index (χ0n) is 11.4. The van der Waals surface area contributed by atoms with Gasteiger partial charge in [0.15, 0.2) is 0 Å². The Balaban J connectivity index is 2.83. The van der Waals surface area contributed by atoms with Gasteiger partial charge in [0, 0.05) is 18.8 Å². The quantitative estimate of drug-likeness (QED) is 0.859. The maximum Gasteiger partial charge on any atom is 0.335 e. The molecule has 0 radical (unpaired) electrons. The maximum absolute atomic E-state index is 11.0. The minimum absolute atomic E-state index is 0.379. The predicted octanol–water partition coefficient (Wildman–Crippen LogP) is 3.27. The van der Waals surface area contributed by atoms with E-state index in [4.69, 9.17) is 5.11 Å². The average molecular weight is 267 g/mol. The zero-order chi connectivity index (χ0) is 13.7. The van der Waals surface area contributed by atoms with Crippen molar-refractivity contribution >= 4 is 23.4 Å². The predicted molar refractivity (Wildman–Crippen MR) is 79.0 cm³/mol. The second-order valence-electron chi connectivity index (χ2n) is 4.55. The first-order valence-electron chi connectivity index (χ1n) is 6.03. The lowest BCUT2D eigenvalue weighted by Gasteiger charge is -2.27. The molecule has 0 bridgehead atoms. The number of aromatic carboxylic acids is 1. The summed E-state index contributed by atoms with van der Waals surface area (Å²) in [6.07, 6.45) is 3.23. The Labute approximate surface area is 113 Å². The molecule has 0 saturated heterocycles. The number of thioether (sulfide) groups is 1. The molecule has 1 atom stereocenters. The maximum atomic E-state index is 11.0. The molecule has 1 N–H and O–H groups in total. The van der Waals surface area contributed by atoms with Crippen LogP contribution in [0, 0.1) is 6.92 Å². The van der Waals surface area contributed by atoms with Crippen molar-refractivity contribution in [2.75, 3.05) is 24.0 Å². The number of carboxylic acids is 1. The average Bonchev–Trinajstić information content (AvgIpc) is 2.34. The Kier molecular flexibility index (Phi) is 5.54. The van der Waals surface area contributed by atoms with Gasteiger partial charge in [-0.2, -0.15) is 11.8 Å². The minimum Gasteiger partial charge on any atom is -0.478 e. The highest BCUT2D eigenvalue weighted by atomic mass is 32.2. The van der Waals surface area contributed by atoms with Crippen molar-refractivity contribution < 1.29 is 9.90 Å². The van der Waals surface area contributed by atoms with Gasteiger partial charge in [0.25, 0.3) is 0 Å². The van der Waals surface area contributed by atoms with Gasteiger partial charge >= 0.3 is 5.97 Å². The summed E-state index contributed by atoms with van der Waals surface area (Å²) < 4.78 is 0. The number of carboxylic acid groups (broad SMARTS) is 1. The summed E-state index contributed by atoms with van der Waals surface area (Å²) in [6.45, 7) is 4.03. The van der Waals surface area contributed by atoms with Crippen LogP contribution >= 0.6 is 11.8 Å². The summed E-state index contributed by atoms with van der Waals surface area (Å²) in [5.41, 5.74) is 2.26. The van der Waals surface area contributed by atoms with E-state index >= 15 is 0 Å². The van der Waals surface area contributed by atoms with Crippen molar-refractivity contribution in [3.05, 3.63) is 29.3 Å². The normalized spacial score (nSPS) is 12.2. The molecule has 1 aromatic carbocycles. The SMILES string of the molecule is CSCCC(C)N(C)c1ccc(C(=O)O)c(C)c1. The molecular weight excluding hydrogens is 246 g/mol. The Hall–Kier alpha value is -1.16. The highest BCUT2D eigenvalue weighted by Crippen LogP contribution is 2.21. The van der Waals surface area contributed by atoms with Gasteiger partial charge in [0.2, 0.25) is 0 Å². The molecule has 4 heteroatoms. The summed E-state index contributed by atoms with van der Waals surface area (Å²) in [4.78, 5) is 13.2. The molecule has 0 aliphatic rings. The van der Waals surface area contributed by atoms with Gasteiger partial charge in [-0.25, -0.2) is 4.79 Å². The molecule has 0 saturated carbocycles. The fourth-order valence-electron chi connectivity index (χ4n) is 1.84. The standard InChI is InChI=1S/C14H21NO2S/c1-10-9-12(5-6-13(10)14(16)17)15(3)11(2)7-8-18-4/h5-6,9,11H,7-8H2,1-4H3,(H,16,17). The van der Waals surface area contributed by atoms with E-state index in [1.165, 1.54) is 0 Å². The van der Waals surface area contributed by atoms with E-state index in [1.807, 2.05) is 30.8 Å². The number of anilines is 1. The van der Waals surface area contributed by atoms with Crippen LogP contribution in [0.4, 0.5) is 5.69 Å². The molecule has 0 heterocycles. The van der Waals surface area contributed by atoms with Crippen LogP contribution in [0.25, 0.3) is 0 Å². The molecular formula is C14H21NO2S. The van der Waals surface area contributed by atoms with Crippen LogP contribution in [0.15, 0.2) is 18.2 Å². The van der Waals surface area contributed by atoms with Gasteiger partial charge in [0.05, 0.1) is 5.56 Å². The largest absolute Gasteiger partial charge is 0.478 e. The first kappa shape index (κ1) is 14.9. The van der Waals surface area contributed by atoms with Gasteiger partial charge < -0.3 is 10.0 Å². The number of rotatable bonds is 6. The molecule has 1 aromatic rings. The molecule has 0 fully saturated rings. The lowest BCUT2D eigenvalue weighted by Crippen LogP contribution is -2.29. The molecule has 0 aromatic heterocycles. The van der Waals surface area contributed by atoms with Crippen molar-refractivity contribution in [2.24, 2.45) is 0 Å². The van der Waals surface area contributed by atoms with E-state index in [1.54, 1.807) is 6.07 Å². The second kappa shape index (κ2) is 6.69. The van der Waals surface area contributed by atoms with Gasteiger partial charge in [0.1, 0.15) is 0 Å². The van der Waals surface area contributed by atoms with Crippen molar-refractivity contribution in [1.29, 1.82) is 0 Å². The second-order valence-corrected chi connectivity index (χ2v) is 5.53. The monoisotopic (exact) mass is 267 g/mol. The third kappa shape index (κ3) is 3.67. The summed E-state index contributed by atoms with van der Waals surface area (Å²) >= 11 is 1.85.